The van der Waals surface area contributed by atoms with Crippen LogP contribution in [0.1, 0.15) is 49.5 Å². The summed E-state index contributed by atoms with van der Waals surface area (Å²) >= 11 is 6.45. The molecular weight excluding hydrogens is 222 g/mol. The van der Waals surface area contributed by atoms with Crippen molar-refractivity contribution in [3.63, 3.8) is 0 Å². The second-order valence-electron chi connectivity index (χ2n) is 4.87. The molecule has 2 aliphatic rings. The van der Waals surface area contributed by atoms with Gasteiger partial charge in [0.2, 0.25) is 0 Å². The first-order valence-corrected chi connectivity index (χ1v) is 6.69. The van der Waals surface area contributed by atoms with Crippen LogP contribution in [0.2, 0.25) is 5.15 Å². The molecule has 1 aromatic rings. The molecule has 2 heterocycles. The molecule has 0 spiro atoms. The number of imidazole rings is 1. The van der Waals surface area contributed by atoms with Gasteiger partial charge in [0.1, 0.15) is 11.0 Å². The van der Waals surface area contributed by atoms with Crippen molar-refractivity contribution in [2.24, 2.45) is 0 Å². The first-order valence-electron chi connectivity index (χ1n) is 6.32. The summed E-state index contributed by atoms with van der Waals surface area (Å²) in [5.41, 5.74) is 1.17. The molecule has 1 fully saturated rings. The number of halogens is 1. The summed E-state index contributed by atoms with van der Waals surface area (Å²) in [5.74, 6) is 1.73. The second kappa shape index (κ2) is 4.38. The average molecular weight is 240 g/mol. The topological polar surface area (TPSA) is 29.9 Å². The van der Waals surface area contributed by atoms with E-state index < -0.39 is 0 Å². The molecule has 1 aliphatic carbocycles. The number of fused-ring (bicyclic) bond motifs is 1. The maximum Gasteiger partial charge on any atom is 0.132 e. The highest BCUT2D eigenvalue weighted by molar-refractivity contribution is 6.30. The van der Waals surface area contributed by atoms with Crippen LogP contribution in [0.5, 0.6) is 0 Å². The SMILES string of the molecule is Clc1c(C2CCCCC2)nc2n1CCNC2. The molecule has 0 bridgehead atoms. The number of aromatic nitrogens is 2. The Morgan fingerprint density at radius 1 is 1.25 bits per heavy atom. The highest BCUT2D eigenvalue weighted by atomic mass is 35.5. The van der Waals surface area contributed by atoms with Crippen LogP contribution < -0.4 is 5.32 Å². The van der Waals surface area contributed by atoms with Crippen molar-refractivity contribution in [2.75, 3.05) is 6.54 Å². The number of nitrogens with one attached hydrogen (secondary N) is 1. The molecule has 0 saturated heterocycles. The molecule has 1 N–H and O–H groups in total. The van der Waals surface area contributed by atoms with E-state index in [0.29, 0.717) is 5.92 Å². The van der Waals surface area contributed by atoms with Crippen molar-refractivity contribution in [1.29, 1.82) is 0 Å². The second-order valence-corrected chi connectivity index (χ2v) is 5.23. The number of hydrogen-bond donors (Lipinski definition) is 1. The molecule has 1 aromatic heterocycles. The predicted molar refractivity (Wildman–Crippen MR) is 64.8 cm³/mol. The van der Waals surface area contributed by atoms with Gasteiger partial charge in [-0.05, 0) is 12.8 Å². The molecule has 0 radical (unpaired) electrons. The lowest BCUT2D eigenvalue weighted by Crippen LogP contribution is -2.28. The van der Waals surface area contributed by atoms with Gasteiger partial charge >= 0.3 is 0 Å². The van der Waals surface area contributed by atoms with E-state index in [2.05, 4.69) is 9.88 Å². The highest BCUT2D eigenvalue weighted by Crippen LogP contribution is 2.36. The van der Waals surface area contributed by atoms with Crippen LogP contribution in [0, 0.1) is 0 Å². The molecule has 3 rings (SSSR count). The van der Waals surface area contributed by atoms with Crippen molar-refractivity contribution >= 4 is 11.6 Å². The zero-order valence-electron chi connectivity index (χ0n) is 9.51. The Labute approximate surface area is 101 Å². The Morgan fingerprint density at radius 3 is 2.81 bits per heavy atom. The van der Waals surface area contributed by atoms with Crippen molar-refractivity contribution in [3.05, 3.63) is 16.7 Å². The van der Waals surface area contributed by atoms with Crippen LogP contribution in [-0.2, 0) is 13.1 Å². The predicted octanol–water partition coefficient (Wildman–Crippen LogP) is 2.69. The van der Waals surface area contributed by atoms with E-state index in [1.165, 1.54) is 37.8 Å². The number of rotatable bonds is 1. The van der Waals surface area contributed by atoms with E-state index in [-0.39, 0.29) is 0 Å². The van der Waals surface area contributed by atoms with E-state index in [9.17, 15) is 0 Å². The third-order valence-corrected chi connectivity index (χ3v) is 4.19. The maximum atomic E-state index is 6.45. The number of nitrogens with zero attached hydrogens (tertiary/aromatic N) is 2. The minimum Gasteiger partial charge on any atom is -0.317 e. The molecule has 0 unspecified atom stereocenters. The van der Waals surface area contributed by atoms with Gasteiger partial charge in [-0.15, -0.1) is 0 Å². The van der Waals surface area contributed by atoms with Gasteiger partial charge in [0.25, 0.3) is 0 Å². The van der Waals surface area contributed by atoms with Crippen molar-refractivity contribution < 1.29 is 0 Å². The Balaban J connectivity index is 1.91. The van der Waals surface area contributed by atoms with Crippen molar-refractivity contribution in [2.45, 2.75) is 51.1 Å². The molecule has 1 saturated carbocycles. The summed E-state index contributed by atoms with van der Waals surface area (Å²) in [7, 11) is 0. The molecule has 1 aliphatic heterocycles. The number of hydrogen-bond acceptors (Lipinski definition) is 2. The van der Waals surface area contributed by atoms with Crippen LogP contribution in [0.3, 0.4) is 0 Å². The van der Waals surface area contributed by atoms with Crippen LogP contribution >= 0.6 is 11.6 Å². The average Bonchev–Trinajstić information content (AvgIpc) is 2.69. The fraction of sp³-hybridized carbons (Fsp3) is 0.750. The molecule has 0 aromatic carbocycles. The summed E-state index contributed by atoms with van der Waals surface area (Å²) in [4.78, 5) is 4.74. The van der Waals surface area contributed by atoms with E-state index in [4.69, 9.17) is 16.6 Å². The van der Waals surface area contributed by atoms with Gasteiger partial charge in [0, 0.05) is 19.0 Å². The lowest BCUT2D eigenvalue weighted by atomic mass is 9.87. The van der Waals surface area contributed by atoms with Crippen LogP contribution in [-0.4, -0.2) is 16.1 Å². The summed E-state index contributed by atoms with van der Waals surface area (Å²) in [6, 6.07) is 0. The zero-order chi connectivity index (χ0) is 11.0. The maximum absolute atomic E-state index is 6.45. The molecule has 4 heteroatoms. The first kappa shape index (κ1) is 10.6. The minimum atomic E-state index is 0.611. The largest absolute Gasteiger partial charge is 0.317 e. The third-order valence-electron chi connectivity index (χ3n) is 3.80. The van der Waals surface area contributed by atoms with Gasteiger partial charge in [0.05, 0.1) is 12.2 Å². The standard InChI is InChI=1S/C12H18ClN3/c13-12-11(9-4-2-1-3-5-9)15-10-8-14-6-7-16(10)12/h9,14H,1-8H2. The molecule has 0 atom stereocenters. The lowest BCUT2D eigenvalue weighted by Gasteiger charge is -2.20. The summed E-state index contributed by atoms with van der Waals surface area (Å²) in [5, 5.41) is 4.25. The van der Waals surface area contributed by atoms with Gasteiger partial charge in [0.15, 0.2) is 0 Å². The zero-order valence-corrected chi connectivity index (χ0v) is 10.3. The van der Waals surface area contributed by atoms with Gasteiger partial charge in [-0.2, -0.15) is 0 Å². The Morgan fingerprint density at radius 2 is 2.06 bits per heavy atom. The van der Waals surface area contributed by atoms with Gasteiger partial charge < -0.3 is 9.88 Å². The lowest BCUT2D eigenvalue weighted by molar-refractivity contribution is 0.437. The van der Waals surface area contributed by atoms with E-state index >= 15 is 0 Å². The van der Waals surface area contributed by atoms with Crippen molar-refractivity contribution in [3.8, 4) is 0 Å². The smallest absolute Gasteiger partial charge is 0.132 e. The Bertz CT molecular complexity index is 380. The Kier molecular flexibility index (Phi) is 2.90. The summed E-state index contributed by atoms with van der Waals surface area (Å²) in [6.07, 6.45) is 6.58. The first-order chi connectivity index (χ1) is 7.86. The molecule has 3 nitrogen and oxygen atoms in total. The molecular formula is C12H18ClN3. The summed E-state index contributed by atoms with van der Waals surface area (Å²) in [6.45, 7) is 2.84. The van der Waals surface area contributed by atoms with Gasteiger partial charge in [-0.25, -0.2) is 4.98 Å². The van der Waals surface area contributed by atoms with Gasteiger partial charge in [-0.1, -0.05) is 30.9 Å². The normalized spacial score (nSPS) is 22.1. The summed E-state index contributed by atoms with van der Waals surface area (Å²) < 4.78 is 2.18. The molecule has 0 amide bonds. The Hall–Kier alpha value is -0.540. The van der Waals surface area contributed by atoms with Crippen molar-refractivity contribution in [1.82, 2.24) is 14.9 Å². The third kappa shape index (κ3) is 1.76. The van der Waals surface area contributed by atoms with E-state index in [1.807, 2.05) is 0 Å². The van der Waals surface area contributed by atoms with E-state index in [1.54, 1.807) is 0 Å². The van der Waals surface area contributed by atoms with Crippen LogP contribution in [0.15, 0.2) is 0 Å². The minimum absolute atomic E-state index is 0.611. The van der Waals surface area contributed by atoms with Crippen LogP contribution in [0.4, 0.5) is 0 Å². The molecule has 88 valence electrons. The fourth-order valence-corrected chi connectivity index (χ4v) is 3.26. The fourth-order valence-electron chi connectivity index (χ4n) is 2.89. The van der Waals surface area contributed by atoms with Crippen LogP contribution in [0.25, 0.3) is 0 Å². The van der Waals surface area contributed by atoms with E-state index in [0.717, 1.165) is 30.6 Å². The quantitative estimate of drug-likeness (QED) is 0.817. The van der Waals surface area contributed by atoms with Gasteiger partial charge in [-0.3, -0.25) is 0 Å². The molecule has 16 heavy (non-hydrogen) atoms. The monoisotopic (exact) mass is 239 g/mol. The highest BCUT2D eigenvalue weighted by Gasteiger charge is 2.25.